The molecule has 0 radical (unpaired) electrons. The van der Waals surface area contributed by atoms with E-state index in [-0.39, 0.29) is 0 Å². The predicted octanol–water partition coefficient (Wildman–Crippen LogP) is 1.05. The van der Waals surface area contributed by atoms with E-state index in [0.717, 1.165) is 24.3 Å². The number of nitrogens with one attached hydrogen (secondary N) is 1. The highest BCUT2D eigenvalue weighted by Gasteiger charge is 2.25. The van der Waals surface area contributed by atoms with Crippen LogP contribution in [0.1, 0.15) is 5.56 Å². The minimum absolute atomic E-state index is 0.330. The Labute approximate surface area is 141 Å². The van der Waals surface area contributed by atoms with Crippen LogP contribution in [0, 0.1) is 0 Å². The molecule has 2 aromatic rings. The van der Waals surface area contributed by atoms with Crippen molar-refractivity contribution < 1.29 is 9.59 Å². The van der Waals surface area contributed by atoms with Gasteiger partial charge in [0.15, 0.2) is 0 Å². The van der Waals surface area contributed by atoms with E-state index < -0.39 is 11.8 Å². The Bertz CT molecular complexity index is 683. The number of aromatic nitrogens is 1. The van der Waals surface area contributed by atoms with Gasteiger partial charge in [-0.3, -0.25) is 14.6 Å². The number of rotatable bonds is 3. The number of anilines is 1. The predicted molar refractivity (Wildman–Crippen MR) is 91.3 cm³/mol. The second-order valence-corrected chi connectivity index (χ2v) is 5.65. The molecule has 1 aliphatic rings. The number of hydrogen-bond acceptors (Lipinski definition) is 4. The second-order valence-electron chi connectivity index (χ2n) is 5.65. The van der Waals surface area contributed by atoms with Crippen molar-refractivity contribution in [2.75, 3.05) is 31.1 Å². The van der Waals surface area contributed by atoms with E-state index in [1.165, 1.54) is 0 Å². The van der Waals surface area contributed by atoms with Gasteiger partial charge < -0.3 is 15.1 Å². The van der Waals surface area contributed by atoms with Crippen LogP contribution in [-0.4, -0.2) is 47.9 Å². The Hall–Kier alpha value is -2.89. The summed E-state index contributed by atoms with van der Waals surface area (Å²) < 4.78 is 0. The van der Waals surface area contributed by atoms with Crippen molar-refractivity contribution in [1.82, 2.24) is 15.2 Å². The van der Waals surface area contributed by atoms with Gasteiger partial charge in [0.1, 0.15) is 0 Å². The Morgan fingerprint density at radius 1 is 0.958 bits per heavy atom. The number of pyridine rings is 1. The SMILES string of the molecule is O=C(NCc1ccncc1)C(=O)N1CCN(c2ccccc2)CC1. The zero-order valence-electron chi connectivity index (χ0n) is 13.4. The average Bonchev–Trinajstić information content (AvgIpc) is 2.67. The summed E-state index contributed by atoms with van der Waals surface area (Å²) >= 11 is 0. The molecule has 1 aromatic heterocycles. The van der Waals surface area contributed by atoms with Gasteiger partial charge in [0.25, 0.3) is 0 Å². The number of piperazine rings is 1. The molecule has 0 aliphatic carbocycles. The molecule has 2 heterocycles. The molecule has 0 spiro atoms. The Balaban J connectivity index is 1.48. The molecule has 0 bridgehead atoms. The molecule has 1 aromatic carbocycles. The van der Waals surface area contributed by atoms with Gasteiger partial charge in [0.2, 0.25) is 0 Å². The van der Waals surface area contributed by atoms with E-state index in [4.69, 9.17) is 0 Å². The first-order chi connectivity index (χ1) is 11.7. The van der Waals surface area contributed by atoms with Crippen molar-refractivity contribution >= 4 is 17.5 Å². The number of amides is 2. The Morgan fingerprint density at radius 2 is 1.62 bits per heavy atom. The quantitative estimate of drug-likeness (QED) is 0.857. The summed E-state index contributed by atoms with van der Waals surface area (Å²) in [4.78, 5) is 32.0. The van der Waals surface area contributed by atoms with Crippen LogP contribution in [0.25, 0.3) is 0 Å². The first kappa shape index (κ1) is 16.0. The number of carbonyl (C=O) groups is 2. The fraction of sp³-hybridized carbons (Fsp3) is 0.278. The topological polar surface area (TPSA) is 65.5 Å². The maximum Gasteiger partial charge on any atom is 0.312 e. The fourth-order valence-corrected chi connectivity index (χ4v) is 2.71. The highest BCUT2D eigenvalue weighted by atomic mass is 16.2. The highest BCUT2D eigenvalue weighted by Crippen LogP contribution is 2.15. The van der Waals surface area contributed by atoms with Crippen molar-refractivity contribution in [2.45, 2.75) is 6.54 Å². The van der Waals surface area contributed by atoms with Crippen molar-refractivity contribution in [3.63, 3.8) is 0 Å². The summed E-state index contributed by atoms with van der Waals surface area (Å²) in [5.41, 5.74) is 2.06. The molecule has 24 heavy (non-hydrogen) atoms. The van der Waals surface area contributed by atoms with Crippen LogP contribution in [0.5, 0.6) is 0 Å². The van der Waals surface area contributed by atoms with Crippen molar-refractivity contribution in [2.24, 2.45) is 0 Å². The summed E-state index contributed by atoms with van der Waals surface area (Å²) in [7, 11) is 0. The van der Waals surface area contributed by atoms with Gasteiger partial charge in [-0.2, -0.15) is 0 Å². The maximum atomic E-state index is 12.2. The minimum atomic E-state index is -0.556. The van der Waals surface area contributed by atoms with E-state index in [2.05, 4.69) is 27.3 Å². The molecule has 1 aliphatic heterocycles. The third kappa shape index (κ3) is 3.90. The van der Waals surface area contributed by atoms with Crippen LogP contribution < -0.4 is 10.2 Å². The molecular formula is C18H20N4O2. The Kier molecular flexibility index (Phi) is 5.05. The van der Waals surface area contributed by atoms with Gasteiger partial charge in [-0.05, 0) is 29.8 Å². The van der Waals surface area contributed by atoms with E-state index >= 15 is 0 Å². The monoisotopic (exact) mass is 324 g/mol. The van der Waals surface area contributed by atoms with Gasteiger partial charge in [-0.15, -0.1) is 0 Å². The summed E-state index contributed by atoms with van der Waals surface area (Å²) in [6.45, 7) is 2.89. The van der Waals surface area contributed by atoms with E-state index in [0.29, 0.717) is 19.6 Å². The van der Waals surface area contributed by atoms with Crippen LogP contribution in [0.3, 0.4) is 0 Å². The lowest BCUT2D eigenvalue weighted by atomic mass is 10.2. The highest BCUT2D eigenvalue weighted by molar-refractivity contribution is 6.35. The molecule has 0 atom stereocenters. The van der Waals surface area contributed by atoms with Crippen LogP contribution in [0.2, 0.25) is 0 Å². The van der Waals surface area contributed by atoms with Gasteiger partial charge in [-0.25, -0.2) is 0 Å². The second kappa shape index (κ2) is 7.59. The van der Waals surface area contributed by atoms with Gasteiger partial charge in [-0.1, -0.05) is 18.2 Å². The normalized spacial score (nSPS) is 14.3. The van der Waals surface area contributed by atoms with Gasteiger partial charge in [0, 0.05) is 50.8 Å². The van der Waals surface area contributed by atoms with E-state index in [1.807, 2.05) is 30.3 Å². The van der Waals surface area contributed by atoms with Gasteiger partial charge in [0.05, 0.1) is 0 Å². The summed E-state index contributed by atoms with van der Waals surface area (Å²) in [6, 6.07) is 13.7. The zero-order chi connectivity index (χ0) is 16.8. The molecule has 6 nitrogen and oxygen atoms in total. The number of nitrogens with zero attached hydrogens (tertiary/aromatic N) is 3. The van der Waals surface area contributed by atoms with Crippen molar-refractivity contribution in [3.05, 3.63) is 60.4 Å². The maximum absolute atomic E-state index is 12.2. The lowest BCUT2D eigenvalue weighted by Crippen LogP contribution is -2.52. The molecule has 0 unspecified atom stereocenters. The summed E-state index contributed by atoms with van der Waals surface area (Å²) in [5, 5.41) is 2.67. The summed E-state index contributed by atoms with van der Waals surface area (Å²) in [5.74, 6) is -1.02. The van der Waals surface area contributed by atoms with E-state index in [1.54, 1.807) is 17.3 Å². The molecular weight excluding hydrogens is 304 g/mol. The lowest BCUT2D eigenvalue weighted by molar-refractivity contribution is -0.146. The van der Waals surface area contributed by atoms with Crippen molar-refractivity contribution in [1.29, 1.82) is 0 Å². The molecule has 3 rings (SSSR count). The standard InChI is InChI=1S/C18H20N4O2/c23-17(20-14-15-6-8-19-9-7-15)18(24)22-12-10-21(11-13-22)16-4-2-1-3-5-16/h1-9H,10-14H2,(H,20,23). The Morgan fingerprint density at radius 3 is 2.29 bits per heavy atom. The molecule has 1 saturated heterocycles. The molecule has 124 valence electrons. The van der Waals surface area contributed by atoms with Crippen LogP contribution >= 0.6 is 0 Å². The number of para-hydroxylation sites is 1. The number of carbonyl (C=O) groups excluding carboxylic acids is 2. The number of hydrogen-bond donors (Lipinski definition) is 1. The van der Waals surface area contributed by atoms with Crippen LogP contribution in [0.15, 0.2) is 54.9 Å². The smallest absolute Gasteiger partial charge is 0.312 e. The first-order valence-electron chi connectivity index (χ1n) is 8.00. The molecule has 1 fully saturated rings. The van der Waals surface area contributed by atoms with E-state index in [9.17, 15) is 9.59 Å². The molecule has 0 saturated carbocycles. The molecule has 6 heteroatoms. The zero-order valence-corrected chi connectivity index (χ0v) is 13.4. The van der Waals surface area contributed by atoms with Crippen molar-refractivity contribution in [3.8, 4) is 0 Å². The van der Waals surface area contributed by atoms with Gasteiger partial charge >= 0.3 is 11.8 Å². The third-order valence-electron chi connectivity index (χ3n) is 4.08. The fourth-order valence-electron chi connectivity index (χ4n) is 2.71. The third-order valence-corrected chi connectivity index (χ3v) is 4.08. The molecule has 1 N–H and O–H groups in total. The largest absolute Gasteiger partial charge is 0.368 e. The average molecular weight is 324 g/mol. The first-order valence-corrected chi connectivity index (χ1v) is 8.00. The lowest BCUT2D eigenvalue weighted by Gasteiger charge is -2.35. The number of benzene rings is 1. The summed E-state index contributed by atoms with van der Waals surface area (Å²) in [6.07, 6.45) is 3.32. The van der Waals surface area contributed by atoms with Crippen LogP contribution in [-0.2, 0) is 16.1 Å². The molecule has 2 amide bonds. The minimum Gasteiger partial charge on any atom is -0.368 e. The van der Waals surface area contributed by atoms with Crippen LogP contribution in [0.4, 0.5) is 5.69 Å².